The average molecular weight is 325 g/mol. The first-order valence-electron chi connectivity index (χ1n) is 8.94. The Bertz CT molecular complexity index is 532. The van der Waals surface area contributed by atoms with Crippen LogP contribution < -0.4 is 10.6 Å². The summed E-state index contributed by atoms with van der Waals surface area (Å²) in [5, 5.41) is 7.39. The van der Waals surface area contributed by atoms with Gasteiger partial charge in [-0.1, -0.05) is 60.7 Å². The van der Waals surface area contributed by atoms with Gasteiger partial charge in [-0.25, -0.2) is 0 Å². The topological polar surface area (TPSA) is 24.1 Å². The normalized spacial score (nSPS) is 12.3. The van der Waals surface area contributed by atoms with Crippen molar-refractivity contribution in [3.8, 4) is 0 Å². The highest BCUT2D eigenvalue weighted by molar-refractivity contribution is 5.15. The number of benzene rings is 2. The molecule has 2 aromatic rings. The van der Waals surface area contributed by atoms with Crippen LogP contribution in [0.5, 0.6) is 0 Å². The molecule has 2 aromatic carbocycles. The maximum Gasteiger partial charge on any atom is 0.0210 e. The molecule has 0 amide bonds. The predicted octanol–water partition coefficient (Wildman–Crippen LogP) is 4.90. The lowest BCUT2D eigenvalue weighted by atomic mass is 9.89. The molecule has 2 N–H and O–H groups in total. The SMILES string of the molecule is CC(C)(CCC(C)(C)NCc1ccccc1)NCc1ccccc1. The van der Waals surface area contributed by atoms with Gasteiger partial charge >= 0.3 is 0 Å². The first-order chi connectivity index (χ1) is 11.4. The van der Waals surface area contributed by atoms with E-state index >= 15 is 0 Å². The minimum absolute atomic E-state index is 0.127. The monoisotopic (exact) mass is 324 g/mol. The summed E-state index contributed by atoms with van der Waals surface area (Å²) in [6, 6.07) is 21.2. The van der Waals surface area contributed by atoms with Gasteiger partial charge in [0.25, 0.3) is 0 Å². The summed E-state index contributed by atoms with van der Waals surface area (Å²) >= 11 is 0. The Kier molecular flexibility index (Phi) is 6.59. The van der Waals surface area contributed by atoms with Gasteiger partial charge in [0, 0.05) is 24.2 Å². The largest absolute Gasteiger partial charge is 0.308 e. The molecule has 24 heavy (non-hydrogen) atoms. The lowest BCUT2D eigenvalue weighted by molar-refractivity contribution is 0.279. The van der Waals surface area contributed by atoms with Gasteiger partial charge in [0.2, 0.25) is 0 Å². The molecule has 0 spiro atoms. The summed E-state index contributed by atoms with van der Waals surface area (Å²) in [6.45, 7) is 11.0. The minimum Gasteiger partial charge on any atom is -0.308 e. The molecule has 0 saturated heterocycles. The van der Waals surface area contributed by atoms with Gasteiger partial charge in [0.1, 0.15) is 0 Å². The molecule has 0 aliphatic rings. The van der Waals surface area contributed by atoms with E-state index in [-0.39, 0.29) is 11.1 Å². The van der Waals surface area contributed by atoms with Crippen LogP contribution in [0.1, 0.15) is 51.7 Å². The van der Waals surface area contributed by atoms with Crippen LogP contribution in [0, 0.1) is 0 Å². The number of hydrogen-bond acceptors (Lipinski definition) is 2. The molecule has 0 saturated carbocycles. The minimum atomic E-state index is 0.127. The smallest absolute Gasteiger partial charge is 0.0210 e. The van der Waals surface area contributed by atoms with Gasteiger partial charge in [0.15, 0.2) is 0 Å². The Balaban J connectivity index is 1.76. The van der Waals surface area contributed by atoms with Crippen LogP contribution in [0.4, 0.5) is 0 Å². The van der Waals surface area contributed by atoms with Crippen molar-refractivity contribution in [2.75, 3.05) is 0 Å². The molecule has 0 atom stereocenters. The van der Waals surface area contributed by atoms with Crippen molar-refractivity contribution in [3.63, 3.8) is 0 Å². The Labute approximate surface area is 147 Å². The third-order valence-electron chi connectivity index (χ3n) is 4.60. The van der Waals surface area contributed by atoms with E-state index in [0.29, 0.717) is 0 Å². The maximum absolute atomic E-state index is 3.69. The number of hydrogen-bond donors (Lipinski definition) is 2. The van der Waals surface area contributed by atoms with Crippen molar-refractivity contribution in [2.45, 2.75) is 64.7 Å². The molecule has 0 aliphatic carbocycles. The van der Waals surface area contributed by atoms with E-state index in [9.17, 15) is 0 Å². The van der Waals surface area contributed by atoms with E-state index in [1.807, 2.05) is 0 Å². The average Bonchev–Trinajstić information content (AvgIpc) is 2.59. The Hall–Kier alpha value is -1.64. The van der Waals surface area contributed by atoms with Crippen molar-refractivity contribution in [1.29, 1.82) is 0 Å². The van der Waals surface area contributed by atoms with Crippen LogP contribution in [0.2, 0.25) is 0 Å². The second kappa shape index (κ2) is 8.46. The van der Waals surface area contributed by atoms with Crippen LogP contribution >= 0.6 is 0 Å². The zero-order chi connectivity index (χ0) is 17.5. The van der Waals surface area contributed by atoms with Gasteiger partial charge in [-0.05, 0) is 51.7 Å². The van der Waals surface area contributed by atoms with Crippen molar-refractivity contribution in [2.24, 2.45) is 0 Å². The predicted molar refractivity (Wildman–Crippen MR) is 104 cm³/mol. The second-order valence-corrected chi connectivity index (χ2v) is 7.95. The molecular weight excluding hydrogens is 292 g/mol. The molecule has 2 nitrogen and oxygen atoms in total. The molecule has 0 heterocycles. The zero-order valence-electron chi connectivity index (χ0n) is 15.6. The van der Waals surface area contributed by atoms with Gasteiger partial charge < -0.3 is 10.6 Å². The molecule has 0 fully saturated rings. The summed E-state index contributed by atoms with van der Waals surface area (Å²) in [6.07, 6.45) is 2.27. The van der Waals surface area contributed by atoms with Crippen LogP contribution in [0.3, 0.4) is 0 Å². The molecular formula is C22H32N2. The van der Waals surface area contributed by atoms with Crippen LogP contribution in [-0.4, -0.2) is 11.1 Å². The first kappa shape index (κ1) is 18.7. The van der Waals surface area contributed by atoms with E-state index < -0.39 is 0 Å². The molecule has 2 heteroatoms. The molecule has 0 radical (unpaired) electrons. The highest BCUT2D eigenvalue weighted by Crippen LogP contribution is 2.20. The lowest BCUT2D eigenvalue weighted by Crippen LogP contribution is -2.44. The van der Waals surface area contributed by atoms with E-state index in [0.717, 1.165) is 25.9 Å². The molecule has 0 aromatic heterocycles. The second-order valence-electron chi connectivity index (χ2n) is 7.95. The fourth-order valence-electron chi connectivity index (χ4n) is 2.68. The fraction of sp³-hybridized carbons (Fsp3) is 0.455. The van der Waals surface area contributed by atoms with Crippen molar-refractivity contribution in [1.82, 2.24) is 10.6 Å². The maximum atomic E-state index is 3.69. The van der Waals surface area contributed by atoms with Gasteiger partial charge in [-0.2, -0.15) is 0 Å². The van der Waals surface area contributed by atoms with Gasteiger partial charge in [-0.3, -0.25) is 0 Å². The van der Waals surface area contributed by atoms with E-state index in [2.05, 4.69) is 99.0 Å². The van der Waals surface area contributed by atoms with E-state index in [1.165, 1.54) is 11.1 Å². The molecule has 0 aliphatic heterocycles. The van der Waals surface area contributed by atoms with Crippen LogP contribution in [-0.2, 0) is 13.1 Å². The highest BCUT2D eigenvalue weighted by Gasteiger charge is 2.23. The molecule has 0 bridgehead atoms. The summed E-state index contributed by atoms with van der Waals surface area (Å²) < 4.78 is 0. The molecule has 2 rings (SSSR count). The Morgan fingerprint density at radius 2 is 0.917 bits per heavy atom. The summed E-state index contributed by atoms with van der Waals surface area (Å²) in [7, 11) is 0. The first-order valence-corrected chi connectivity index (χ1v) is 8.94. The van der Waals surface area contributed by atoms with Gasteiger partial charge in [-0.15, -0.1) is 0 Å². The van der Waals surface area contributed by atoms with Crippen LogP contribution in [0.15, 0.2) is 60.7 Å². The third-order valence-corrected chi connectivity index (χ3v) is 4.60. The molecule has 130 valence electrons. The summed E-state index contributed by atoms with van der Waals surface area (Å²) in [5.41, 5.74) is 2.93. The summed E-state index contributed by atoms with van der Waals surface area (Å²) in [4.78, 5) is 0. The quantitative estimate of drug-likeness (QED) is 0.685. The number of rotatable bonds is 9. The Morgan fingerprint density at radius 3 is 1.25 bits per heavy atom. The fourth-order valence-corrected chi connectivity index (χ4v) is 2.68. The number of nitrogens with one attached hydrogen (secondary N) is 2. The van der Waals surface area contributed by atoms with Crippen molar-refractivity contribution < 1.29 is 0 Å². The van der Waals surface area contributed by atoms with Crippen molar-refractivity contribution >= 4 is 0 Å². The summed E-state index contributed by atoms with van der Waals surface area (Å²) in [5.74, 6) is 0. The van der Waals surface area contributed by atoms with Crippen molar-refractivity contribution in [3.05, 3.63) is 71.8 Å². The highest BCUT2D eigenvalue weighted by atomic mass is 15.0. The van der Waals surface area contributed by atoms with E-state index in [1.54, 1.807) is 0 Å². The third kappa shape index (κ3) is 6.86. The molecule has 0 unspecified atom stereocenters. The van der Waals surface area contributed by atoms with E-state index in [4.69, 9.17) is 0 Å². The lowest BCUT2D eigenvalue weighted by Gasteiger charge is -2.33. The standard InChI is InChI=1S/C22H32N2/c1-21(2,23-17-19-11-7-5-8-12-19)15-16-22(3,4)24-18-20-13-9-6-10-14-20/h5-14,23-24H,15-18H2,1-4H3. The van der Waals surface area contributed by atoms with Gasteiger partial charge in [0.05, 0.1) is 0 Å². The zero-order valence-corrected chi connectivity index (χ0v) is 15.6. The Morgan fingerprint density at radius 1 is 0.583 bits per heavy atom. The van der Waals surface area contributed by atoms with Crippen LogP contribution in [0.25, 0.3) is 0 Å².